The largest absolute Gasteiger partial charge is 0.493 e. The van der Waals surface area contributed by atoms with Crippen molar-refractivity contribution in [1.29, 1.82) is 0 Å². The third kappa shape index (κ3) is 5.19. The van der Waals surface area contributed by atoms with Gasteiger partial charge in [0.1, 0.15) is 0 Å². The molecule has 1 amide bonds. The molecule has 202 valence electrons. The Hall–Kier alpha value is -3.97. The van der Waals surface area contributed by atoms with E-state index in [4.69, 9.17) is 35.6 Å². The van der Waals surface area contributed by atoms with Crippen LogP contribution in [0.15, 0.2) is 71.3 Å². The molecule has 3 aromatic carbocycles. The SMILES string of the molecule is COc1ccc(C=C2CCCC3C2=NN(C(=O)c2cccc(Cl)c2)C3c2ccc(OC)c(OC)c2)cc1OC. The quantitative estimate of drug-likeness (QED) is 0.325. The average Bonchev–Trinajstić information content (AvgIpc) is 3.37. The van der Waals surface area contributed by atoms with E-state index in [1.807, 2.05) is 36.4 Å². The maximum absolute atomic E-state index is 13.9. The molecule has 39 heavy (non-hydrogen) atoms. The van der Waals surface area contributed by atoms with E-state index >= 15 is 0 Å². The van der Waals surface area contributed by atoms with Gasteiger partial charge in [-0.2, -0.15) is 5.10 Å². The molecule has 3 aromatic rings. The summed E-state index contributed by atoms with van der Waals surface area (Å²) in [5.74, 6) is 2.39. The van der Waals surface area contributed by atoms with Gasteiger partial charge in [-0.15, -0.1) is 0 Å². The van der Waals surface area contributed by atoms with Crippen LogP contribution in [-0.4, -0.2) is 45.1 Å². The highest BCUT2D eigenvalue weighted by molar-refractivity contribution is 6.31. The topological polar surface area (TPSA) is 69.6 Å². The maximum Gasteiger partial charge on any atom is 0.274 e. The Kier molecular flexibility index (Phi) is 7.79. The number of hydrogen-bond donors (Lipinski definition) is 0. The van der Waals surface area contributed by atoms with Crippen LogP contribution < -0.4 is 18.9 Å². The summed E-state index contributed by atoms with van der Waals surface area (Å²) in [5.41, 5.74) is 4.42. The lowest BCUT2D eigenvalue weighted by molar-refractivity contribution is 0.0680. The molecule has 1 fully saturated rings. The van der Waals surface area contributed by atoms with Gasteiger partial charge in [-0.3, -0.25) is 4.79 Å². The minimum absolute atomic E-state index is 0.0198. The van der Waals surface area contributed by atoms with Crippen LogP contribution in [0.1, 0.15) is 46.8 Å². The van der Waals surface area contributed by atoms with Gasteiger partial charge < -0.3 is 18.9 Å². The molecule has 2 aliphatic rings. The first-order valence-electron chi connectivity index (χ1n) is 12.8. The van der Waals surface area contributed by atoms with Gasteiger partial charge in [-0.25, -0.2) is 5.01 Å². The molecule has 0 spiro atoms. The van der Waals surface area contributed by atoms with Crippen LogP contribution in [0, 0.1) is 5.92 Å². The number of amides is 1. The Morgan fingerprint density at radius 1 is 0.897 bits per heavy atom. The van der Waals surface area contributed by atoms with E-state index < -0.39 is 0 Å². The van der Waals surface area contributed by atoms with Crippen LogP contribution in [-0.2, 0) is 0 Å². The van der Waals surface area contributed by atoms with E-state index in [-0.39, 0.29) is 17.9 Å². The van der Waals surface area contributed by atoms with Gasteiger partial charge in [0.15, 0.2) is 23.0 Å². The summed E-state index contributed by atoms with van der Waals surface area (Å²) >= 11 is 6.24. The van der Waals surface area contributed by atoms with E-state index in [2.05, 4.69) is 6.08 Å². The number of carbonyl (C=O) groups excluding carboxylic acids is 1. The first kappa shape index (κ1) is 26.6. The van der Waals surface area contributed by atoms with Crippen LogP contribution in [0.4, 0.5) is 0 Å². The number of rotatable bonds is 7. The monoisotopic (exact) mass is 546 g/mol. The van der Waals surface area contributed by atoms with Crippen LogP contribution in [0.3, 0.4) is 0 Å². The Morgan fingerprint density at radius 3 is 2.28 bits per heavy atom. The van der Waals surface area contributed by atoms with Crippen molar-refractivity contribution in [2.45, 2.75) is 25.3 Å². The molecule has 0 N–H and O–H groups in total. The minimum Gasteiger partial charge on any atom is -0.493 e. The van der Waals surface area contributed by atoms with E-state index in [1.165, 1.54) is 0 Å². The molecule has 0 bridgehead atoms. The second-order valence-corrected chi connectivity index (χ2v) is 9.92. The second-order valence-electron chi connectivity index (χ2n) is 9.49. The molecule has 0 radical (unpaired) electrons. The molecular weight excluding hydrogens is 516 g/mol. The summed E-state index contributed by atoms with van der Waals surface area (Å²) in [5, 5.41) is 7.10. The summed E-state index contributed by atoms with van der Waals surface area (Å²) in [4.78, 5) is 13.9. The normalized spacial score (nSPS) is 19.4. The summed E-state index contributed by atoms with van der Waals surface area (Å²) in [6, 6.07) is 18.3. The summed E-state index contributed by atoms with van der Waals surface area (Å²) in [6.45, 7) is 0. The van der Waals surface area contributed by atoms with Crippen molar-refractivity contribution in [2.75, 3.05) is 28.4 Å². The molecular formula is C31H31ClN2O5. The third-order valence-corrected chi connectivity index (χ3v) is 7.51. The van der Waals surface area contributed by atoms with Crippen LogP contribution in [0.25, 0.3) is 6.08 Å². The van der Waals surface area contributed by atoms with Crippen LogP contribution in [0.2, 0.25) is 5.02 Å². The average molecular weight is 547 g/mol. The predicted octanol–water partition coefficient (Wildman–Crippen LogP) is 6.81. The Labute approximate surface area is 233 Å². The van der Waals surface area contributed by atoms with E-state index in [0.717, 1.165) is 41.7 Å². The van der Waals surface area contributed by atoms with Crippen molar-refractivity contribution < 1.29 is 23.7 Å². The fraction of sp³-hybridized carbons (Fsp3) is 0.290. The van der Waals surface area contributed by atoms with Crippen molar-refractivity contribution in [1.82, 2.24) is 5.01 Å². The lowest BCUT2D eigenvalue weighted by Gasteiger charge is -2.30. The van der Waals surface area contributed by atoms with Crippen molar-refractivity contribution in [3.8, 4) is 23.0 Å². The fourth-order valence-electron chi connectivity index (χ4n) is 5.44. The van der Waals surface area contributed by atoms with Gasteiger partial charge in [0.2, 0.25) is 0 Å². The zero-order valence-electron chi connectivity index (χ0n) is 22.4. The highest BCUT2D eigenvalue weighted by Gasteiger charge is 2.44. The Balaban J connectivity index is 1.59. The molecule has 1 heterocycles. The number of benzene rings is 3. The molecule has 2 unspecified atom stereocenters. The number of allylic oxidation sites excluding steroid dienone is 1. The molecule has 7 nitrogen and oxygen atoms in total. The summed E-state index contributed by atoms with van der Waals surface area (Å²) in [6.07, 6.45) is 4.87. The summed E-state index contributed by atoms with van der Waals surface area (Å²) < 4.78 is 22.0. The van der Waals surface area contributed by atoms with Gasteiger partial charge in [-0.05, 0) is 84.5 Å². The zero-order chi connectivity index (χ0) is 27.5. The zero-order valence-corrected chi connectivity index (χ0v) is 23.2. The molecule has 0 aromatic heterocycles. The van der Waals surface area contributed by atoms with Gasteiger partial charge in [-0.1, -0.05) is 29.8 Å². The van der Waals surface area contributed by atoms with E-state index in [9.17, 15) is 4.79 Å². The van der Waals surface area contributed by atoms with Gasteiger partial charge in [0.05, 0.1) is 40.2 Å². The second kappa shape index (κ2) is 11.4. The number of methoxy groups -OCH3 is 4. The number of ether oxygens (including phenoxy) is 4. The molecule has 0 saturated heterocycles. The van der Waals surface area contributed by atoms with Crippen molar-refractivity contribution in [3.05, 3.63) is 87.9 Å². The number of nitrogens with zero attached hydrogens (tertiary/aromatic N) is 2. The number of hydrogen-bond acceptors (Lipinski definition) is 6. The van der Waals surface area contributed by atoms with Gasteiger partial charge in [0, 0.05) is 16.5 Å². The predicted molar refractivity (Wildman–Crippen MR) is 152 cm³/mol. The fourth-order valence-corrected chi connectivity index (χ4v) is 5.63. The van der Waals surface area contributed by atoms with Crippen LogP contribution >= 0.6 is 11.6 Å². The van der Waals surface area contributed by atoms with Crippen molar-refractivity contribution in [2.24, 2.45) is 11.0 Å². The first-order chi connectivity index (χ1) is 19.0. The minimum atomic E-state index is -0.305. The smallest absolute Gasteiger partial charge is 0.274 e. The number of hydrazone groups is 1. The van der Waals surface area contributed by atoms with Crippen molar-refractivity contribution in [3.63, 3.8) is 0 Å². The first-order valence-corrected chi connectivity index (χ1v) is 13.2. The molecule has 1 aliphatic carbocycles. The third-order valence-electron chi connectivity index (χ3n) is 7.28. The molecule has 5 rings (SSSR count). The maximum atomic E-state index is 13.9. The van der Waals surface area contributed by atoms with Crippen molar-refractivity contribution >= 4 is 29.3 Å². The standard InChI is InChI=1S/C31H31ClN2O5/c1-36-25-13-11-19(16-27(25)38-3)15-20-7-6-10-24-29(20)33-34(31(35)22-8-5-9-23(32)17-22)30(24)21-12-14-26(37-2)28(18-21)39-4/h5,8-9,11-18,24,30H,6-7,10H2,1-4H3. The molecule has 8 heteroatoms. The molecule has 1 aliphatic heterocycles. The lowest BCUT2D eigenvalue weighted by Crippen LogP contribution is -2.32. The lowest BCUT2D eigenvalue weighted by atomic mass is 9.77. The Bertz CT molecular complexity index is 1450. The van der Waals surface area contributed by atoms with Gasteiger partial charge >= 0.3 is 0 Å². The van der Waals surface area contributed by atoms with Gasteiger partial charge in [0.25, 0.3) is 5.91 Å². The number of carbonyl (C=O) groups is 1. The van der Waals surface area contributed by atoms with E-state index in [1.54, 1.807) is 57.7 Å². The number of fused-ring (bicyclic) bond motifs is 1. The highest BCUT2D eigenvalue weighted by atomic mass is 35.5. The summed E-state index contributed by atoms with van der Waals surface area (Å²) in [7, 11) is 6.46. The number of halogens is 1. The van der Waals surface area contributed by atoms with Crippen LogP contribution in [0.5, 0.6) is 23.0 Å². The molecule has 1 saturated carbocycles. The Morgan fingerprint density at radius 2 is 1.59 bits per heavy atom. The highest BCUT2D eigenvalue weighted by Crippen LogP contribution is 2.46. The van der Waals surface area contributed by atoms with E-state index in [0.29, 0.717) is 33.6 Å². The molecule has 2 atom stereocenters.